The van der Waals surface area contributed by atoms with Crippen LogP contribution in [0.4, 0.5) is 14.5 Å². The molecule has 96 valence electrons. The fourth-order valence-corrected chi connectivity index (χ4v) is 1.91. The average molecular weight is 272 g/mol. The van der Waals surface area contributed by atoms with E-state index >= 15 is 0 Å². The molecule has 0 saturated heterocycles. The predicted octanol–water partition coefficient (Wildman–Crippen LogP) is 3.27. The molecule has 0 radical (unpaired) electrons. The molecule has 0 aliphatic rings. The van der Waals surface area contributed by atoms with Crippen LogP contribution < -0.4 is 5.32 Å². The fourth-order valence-electron chi connectivity index (χ4n) is 1.68. The molecule has 1 aromatic heterocycles. The Hall–Kier alpha value is -1.62. The SMILES string of the molecule is Cc1nn(C)c(CNc2ccc(F)cc2F)c1Cl. The van der Waals surface area contributed by atoms with Crippen LogP contribution in [0.25, 0.3) is 0 Å². The highest BCUT2D eigenvalue weighted by molar-refractivity contribution is 6.31. The molecule has 3 nitrogen and oxygen atoms in total. The zero-order valence-corrected chi connectivity index (χ0v) is 10.7. The minimum atomic E-state index is -0.634. The summed E-state index contributed by atoms with van der Waals surface area (Å²) in [6.07, 6.45) is 0. The fraction of sp³-hybridized carbons (Fsp3) is 0.250. The minimum absolute atomic E-state index is 0.228. The number of nitrogens with zero attached hydrogens (tertiary/aromatic N) is 2. The summed E-state index contributed by atoms with van der Waals surface area (Å²) in [5.74, 6) is -1.24. The van der Waals surface area contributed by atoms with Crippen molar-refractivity contribution in [1.29, 1.82) is 0 Å². The molecule has 0 unspecified atom stereocenters. The van der Waals surface area contributed by atoms with Crippen molar-refractivity contribution < 1.29 is 8.78 Å². The summed E-state index contributed by atoms with van der Waals surface area (Å²) in [6, 6.07) is 3.38. The number of aromatic nitrogens is 2. The Labute approximate surface area is 108 Å². The van der Waals surface area contributed by atoms with Gasteiger partial charge in [0.05, 0.1) is 28.6 Å². The van der Waals surface area contributed by atoms with Crippen molar-refractivity contribution in [3.05, 3.63) is 46.2 Å². The summed E-state index contributed by atoms with van der Waals surface area (Å²) in [5.41, 5.74) is 1.69. The summed E-state index contributed by atoms with van der Waals surface area (Å²) < 4.78 is 27.8. The molecule has 1 heterocycles. The van der Waals surface area contributed by atoms with Gasteiger partial charge in [0, 0.05) is 13.1 Å². The standard InChI is InChI=1S/C12H12ClF2N3/c1-7-12(13)11(18(2)17-7)6-16-10-4-3-8(14)5-9(10)15/h3-5,16H,6H2,1-2H3. The summed E-state index contributed by atoms with van der Waals surface area (Å²) in [6.45, 7) is 2.11. The topological polar surface area (TPSA) is 29.9 Å². The summed E-state index contributed by atoms with van der Waals surface area (Å²) >= 11 is 6.07. The van der Waals surface area contributed by atoms with Crippen LogP contribution in [0, 0.1) is 18.6 Å². The van der Waals surface area contributed by atoms with Crippen LogP contribution in [0.15, 0.2) is 18.2 Å². The van der Waals surface area contributed by atoms with Crippen LogP contribution in [-0.4, -0.2) is 9.78 Å². The second-order valence-electron chi connectivity index (χ2n) is 3.95. The van der Waals surface area contributed by atoms with Crippen molar-refractivity contribution in [2.75, 3.05) is 5.32 Å². The first kappa shape index (κ1) is 12.8. The Balaban J connectivity index is 2.16. The van der Waals surface area contributed by atoms with Gasteiger partial charge in [-0.1, -0.05) is 11.6 Å². The first-order chi connectivity index (χ1) is 8.49. The van der Waals surface area contributed by atoms with Gasteiger partial charge in [-0.2, -0.15) is 5.10 Å². The lowest BCUT2D eigenvalue weighted by Crippen LogP contribution is -2.07. The van der Waals surface area contributed by atoms with Crippen molar-refractivity contribution >= 4 is 17.3 Å². The van der Waals surface area contributed by atoms with Gasteiger partial charge in [0.25, 0.3) is 0 Å². The van der Waals surface area contributed by atoms with Crippen molar-refractivity contribution in [2.24, 2.45) is 7.05 Å². The van der Waals surface area contributed by atoms with Gasteiger partial charge in [0.2, 0.25) is 0 Å². The normalized spacial score (nSPS) is 10.7. The van der Waals surface area contributed by atoms with Crippen LogP contribution in [0.3, 0.4) is 0 Å². The van der Waals surface area contributed by atoms with E-state index in [1.54, 1.807) is 18.7 Å². The van der Waals surface area contributed by atoms with E-state index in [1.165, 1.54) is 12.1 Å². The molecule has 2 rings (SSSR count). The van der Waals surface area contributed by atoms with E-state index in [9.17, 15) is 8.78 Å². The molecule has 0 aliphatic carbocycles. The molecule has 0 spiro atoms. The molecule has 0 aliphatic heterocycles. The van der Waals surface area contributed by atoms with Gasteiger partial charge in [-0.15, -0.1) is 0 Å². The van der Waals surface area contributed by atoms with Crippen molar-refractivity contribution in [1.82, 2.24) is 9.78 Å². The predicted molar refractivity (Wildman–Crippen MR) is 66.6 cm³/mol. The maximum atomic E-state index is 13.4. The minimum Gasteiger partial charge on any atom is -0.377 e. The number of nitrogens with one attached hydrogen (secondary N) is 1. The average Bonchev–Trinajstić information content (AvgIpc) is 2.53. The highest BCUT2D eigenvalue weighted by Crippen LogP contribution is 2.21. The van der Waals surface area contributed by atoms with Crippen LogP contribution in [0.5, 0.6) is 0 Å². The van der Waals surface area contributed by atoms with E-state index in [0.29, 0.717) is 11.6 Å². The molecule has 0 fully saturated rings. The number of hydrogen-bond donors (Lipinski definition) is 1. The molecule has 18 heavy (non-hydrogen) atoms. The first-order valence-corrected chi connectivity index (χ1v) is 5.73. The summed E-state index contributed by atoms with van der Waals surface area (Å²) in [5, 5.41) is 7.56. The monoisotopic (exact) mass is 271 g/mol. The molecule has 0 atom stereocenters. The molecule has 2 aromatic rings. The van der Waals surface area contributed by atoms with Crippen LogP contribution in [0.1, 0.15) is 11.4 Å². The Morgan fingerprint density at radius 3 is 2.67 bits per heavy atom. The number of halogens is 3. The number of hydrogen-bond acceptors (Lipinski definition) is 2. The van der Waals surface area contributed by atoms with E-state index in [4.69, 9.17) is 11.6 Å². The Bertz CT molecular complexity index is 581. The lowest BCUT2D eigenvalue weighted by atomic mass is 10.3. The largest absolute Gasteiger partial charge is 0.377 e. The van der Waals surface area contributed by atoms with E-state index in [1.807, 2.05) is 0 Å². The van der Waals surface area contributed by atoms with Gasteiger partial charge in [0.1, 0.15) is 11.6 Å². The highest BCUT2D eigenvalue weighted by atomic mass is 35.5. The van der Waals surface area contributed by atoms with E-state index in [0.717, 1.165) is 17.5 Å². The van der Waals surface area contributed by atoms with E-state index in [-0.39, 0.29) is 5.69 Å². The highest BCUT2D eigenvalue weighted by Gasteiger charge is 2.11. The third kappa shape index (κ3) is 2.46. The van der Waals surface area contributed by atoms with Gasteiger partial charge < -0.3 is 5.32 Å². The maximum Gasteiger partial charge on any atom is 0.149 e. The summed E-state index contributed by atoms with van der Waals surface area (Å²) in [4.78, 5) is 0. The number of aryl methyl sites for hydroxylation is 2. The van der Waals surface area contributed by atoms with Crippen LogP contribution in [0.2, 0.25) is 5.02 Å². The third-order valence-electron chi connectivity index (χ3n) is 2.64. The molecule has 0 saturated carbocycles. The summed E-state index contributed by atoms with van der Waals surface area (Å²) in [7, 11) is 1.76. The Morgan fingerprint density at radius 2 is 2.11 bits per heavy atom. The van der Waals surface area contributed by atoms with Crippen LogP contribution in [-0.2, 0) is 13.6 Å². The molecule has 0 amide bonds. The molecular formula is C12H12ClF2N3. The van der Waals surface area contributed by atoms with Crippen molar-refractivity contribution in [3.63, 3.8) is 0 Å². The number of rotatable bonds is 3. The van der Waals surface area contributed by atoms with Gasteiger partial charge in [-0.25, -0.2) is 8.78 Å². The van der Waals surface area contributed by atoms with Crippen molar-refractivity contribution in [2.45, 2.75) is 13.5 Å². The molecule has 1 N–H and O–H groups in total. The Morgan fingerprint density at radius 1 is 1.39 bits per heavy atom. The molecule has 6 heteroatoms. The number of anilines is 1. The van der Waals surface area contributed by atoms with Gasteiger partial charge in [-0.05, 0) is 19.1 Å². The molecule has 1 aromatic carbocycles. The smallest absolute Gasteiger partial charge is 0.149 e. The van der Waals surface area contributed by atoms with E-state index < -0.39 is 11.6 Å². The van der Waals surface area contributed by atoms with Crippen LogP contribution >= 0.6 is 11.6 Å². The third-order valence-corrected chi connectivity index (χ3v) is 3.13. The van der Waals surface area contributed by atoms with Gasteiger partial charge in [0.15, 0.2) is 0 Å². The molecule has 0 bridgehead atoms. The second kappa shape index (κ2) is 4.94. The lowest BCUT2D eigenvalue weighted by molar-refractivity contribution is 0.584. The van der Waals surface area contributed by atoms with E-state index in [2.05, 4.69) is 10.4 Å². The lowest BCUT2D eigenvalue weighted by Gasteiger charge is -2.08. The van der Waals surface area contributed by atoms with Gasteiger partial charge >= 0.3 is 0 Å². The zero-order chi connectivity index (χ0) is 13.3. The van der Waals surface area contributed by atoms with Gasteiger partial charge in [-0.3, -0.25) is 4.68 Å². The second-order valence-corrected chi connectivity index (χ2v) is 4.33. The quantitative estimate of drug-likeness (QED) is 0.928. The Kier molecular flexibility index (Phi) is 3.52. The molecular weight excluding hydrogens is 260 g/mol. The van der Waals surface area contributed by atoms with Crippen molar-refractivity contribution in [3.8, 4) is 0 Å². The zero-order valence-electron chi connectivity index (χ0n) is 9.97. The first-order valence-electron chi connectivity index (χ1n) is 5.36. The number of benzene rings is 1. The maximum absolute atomic E-state index is 13.4.